The molecule has 0 spiro atoms. The normalized spacial score (nSPS) is 20.2. The van der Waals surface area contributed by atoms with Crippen molar-refractivity contribution in [1.82, 2.24) is 9.97 Å². The van der Waals surface area contributed by atoms with Gasteiger partial charge in [0.2, 0.25) is 0 Å². The molecule has 1 aliphatic heterocycles. The lowest BCUT2D eigenvalue weighted by Gasteiger charge is -2.20. The van der Waals surface area contributed by atoms with Gasteiger partial charge in [0.25, 0.3) is 0 Å². The van der Waals surface area contributed by atoms with Crippen molar-refractivity contribution >= 4 is 33.5 Å². The highest BCUT2D eigenvalue weighted by atomic mass is 79.9. The molecule has 0 saturated carbocycles. The Hall–Kier alpha value is -0.290. The summed E-state index contributed by atoms with van der Waals surface area (Å²) >= 11 is 5.48. The van der Waals surface area contributed by atoms with Crippen molar-refractivity contribution < 1.29 is 0 Å². The van der Waals surface area contributed by atoms with Crippen LogP contribution in [-0.4, -0.2) is 22.3 Å². The molecule has 1 fully saturated rings. The Morgan fingerprint density at radius 3 is 3.12 bits per heavy atom. The molecule has 0 radical (unpaired) electrons. The van der Waals surface area contributed by atoms with Crippen molar-refractivity contribution in [2.24, 2.45) is 0 Å². The summed E-state index contributed by atoms with van der Waals surface area (Å²) in [6.45, 7) is 3.10. The number of hydrogen-bond acceptors (Lipinski definition) is 4. The van der Waals surface area contributed by atoms with Crippen LogP contribution in [-0.2, 0) is 0 Å². The highest BCUT2D eigenvalue weighted by Gasteiger charge is 2.19. The van der Waals surface area contributed by atoms with Crippen LogP contribution in [0.5, 0.6) is 0 Å². The van der Waals surface area contributed by atoms with E-state index in [1.807, 2.05) is 18.0 Å². The molecule has 2 heterocycles. The Kier molecular flexibility index (Phi) is 5.10. The molecule has 1 saturated heterocycles. The first-order valence-corrected chi connectivity index (χ1v) is 8.03. The van der Waals surface area contributed by atoms with Gasteiger partial charge in [-0.05, 0) is 40.9 Å². The number of anilines is 1. The minimum absolute atomic E-state index is 0.485. The minimum Gasteiger partial charge on any atom is -0.369 e. The monoisotopic (exact) mass is 315 g/mol. The predicted octanol–water partition coefficient (Wildman–Crippen LogP) is 4.02. The first-order valence-electron chi connectivity index (χ1n) is 6.19. The Balaban J connectivity index is 2.11. The van der Waals surface area contributed by atoms with E-state index >= 15 is 0 Å². The number of nitrogens with one attached hydrogen (secondary N) is 1. The van der Waals surface area contributed by atoms with Gasteiger partial charge in [-0.3, -0.25) is 0 Å². The summed E-state index contributed by atoms with van der Waals surface area (Å²) in [6, 6.07) is 0. The second kappa shape index (κ2) is 6.59. The van der Waals surface area contributed by atoms with Crippen molar-refractivity contribution in [3.63, 3.8) is 0 Å². The van der Waals surface area contributed by atoms with Crippen LogP contribution in [0.25, 0.3) is 0 Å². The molecule has 1 N–H and O–H groups in total. The molecule has 0 bridgehead atoms. The maximum absolute atomic E-state index is 4.64. The average molecular weight is 316 g/mol. The smallest absolute Gasteiger partial charge is 0.144 e. The van der Waals surface area contributed by atoms with E-state index in [0.29, 0.717) is 5.25 Å². The van der Waals surface area contributed by atoms with Gasteiger partial charge in [-0.2, -0.15) is 11.8 Å². The predicted molar refractivity (Wildman–Crippen MR) is 77.6 cm³/mol. The summed E-state index contributed by atoms with van der Waals surface area (Å²) < 4.78 is 0.954. The van der Waals surface area contributed by atoms with Gasteiger partial charge in [0.1, 0.15) is 11.6 Å². The third kappa shape index (κ3) is 3.58. The zero-order valence-corrected chi connectivity index (χ0v) is 12.5. The van der Waals surface area contributed by atoms with Crippen LogP contribution in [0.1, 0.15) is 43.7 Å². The van der Waals surface area contributed by atoms with Gasteiger partial charge >= 0.3 is 0 Å². The molecule has 3 nitrogen and oxygen atoms in total. The van der Waals surface area contributed by atoms with E-state index in [9.17, 15) is 0 Å². The summed E-state index contributed by atoms with van der Waals surface area (Å²) in [7, 11) is 0. The van der Waals surface area contributed by atoms with Crippen LogP contribution in [0.3, 0.4) is 0 Å². The Morgan fingerprint density at radius 1 is 1.53 bits per heavy atom. The van der Waals surface area contributed by atoms with E-state index in [2.05, 4.69) is 38.1 Å². The van der Waals surface area contributed by atoms with Crippen molar-refractivity contribution in [1.29, 1.82) is 0 Å². The van der Waals surface area contributed by atoms with Crippen molar-refractivity contribution in [3.8, 4) is 0 Å². The molecular weight excluding hydrogens is 298 g/mol. The molecule has 1 unspecified atom stereocenters. The number of rotatable bonds is 4. The lowest BCUT2D eigenvalue weighted by atomic mass is 10.2. The van der Waals surface area contributed by atoms with Crippen molar-refractivity contribution in [2.75, 3.05) is 17.6 Å². The summed E-state index contributed by atoms with van der Waals surface area (Å²) in [6.07, 6.45) is 6.81. The van der Waals surface area contributed by atoms with Crippen molar-refractivity contribution in [2.45, 2.75) is 37.9 Å². The van der Waals surface area contributed by atoms with Gasteiger partial charge in [0.05, 0.1) is 9.72 Å². The number of thioether (sulfide) groups is 1. The van der Waals surface area contributed by atoms with Gasteiger partial charge in [-0.1, -0.05) is 13.3 Å². The van der Waals surface area contributed by atoms with E-state index in [-0.39, 0.29) is 0 Å². The van der Waals surface area contributed by atoms with Gasteiger partial charge in [-0.25, -0.2) is 9.97 Å². The van der Waals surface area contributed by atoms with Crippen LogP contribution in [0.2, 0.25) is 0 Å². The number of hydrogen-bond donors (Lipinski definition) is 1. The van der Waals surface area contributed by atoms with Crippen LogP contribution in [0.15, 0.2) is 10.7 Å². The minimum atomic E-state index is 0.485. The topological polar surface area (TPSA) is 37.8 Å². The number of halogens is 1. The van der Waals surface area contributed by atoms with Gasteiger partial charge in [0, 0.05) is 12.7 Å². The van der Waals surface area contributed by atoms with Crippen LogP contribution >= 0.6 is 27.7 Å². The molecule has 2 rings (SSSR count). The molecule has 5 heteroatoms. The van der Waals surface area contributed by atoms with E-state index in [1.54, 1.807) is 0 Å². The fraction of sp³-hybridized carbons (Fsp3) is 0.667. The quantitative estimate of drug-likeness (QED) is 0.910. The lowest BCUT2D eigenvalue weighted by Crippen LogP contribution is -2.10. The summed E-state index contributed by atoms with van der Waals surface area (Å²) in [4.78, 5) is 9.10. The number of aromatic nitrogens is 2. The van der Waals surface area contributed by atoms with Crippen LogP contribution in [0.4, 0.5) is 5.82 Å². The molecule has 1 aliphatic rings. The van der Waals surface area contributed by atoms with Gasteiger partial charge in [-0.15, -0.1) is 0 Å². The van der Waals surface area contributed by atoms with Crippen molar-refractivity contribution in [3.05, 3.63) is 16.5 Å². The Morgan fingerprint density at radius 2 is 2.41 bits per heavy atom. The molecule has 1 atom stereocenters. The summed E-state index contributed by atoms with van der Waals surface area (Å²) in [5, 5.41) is 3.82. The summed E-state index contributed by atoms with van der Waals surface area (Å²) in [5.74, 6) is 3.15. The zero-order valence-electron chi connectivity index (χ0n) is 10.1. The first kappa shape index (κ1) is 13.1. The molecule has 94 valence electrons. The Labute approximate surface area is 115 Å². The zero-order chi connectivity index (χ0) is 12.1. The highest BCUT2D eigenvalue weighted by molar-refractivity contribution is 9.10. The molecule has 1 aromatic heterocycles. The van der Waals surface area contributed by atoms with E-state index < -0.39 is 0 Å². The van der Waals surface area contributed by atoms with E-state index in [0.717, 1.165) is 29.1 Å². The van der Waals surface area contributed by atoms with Gasteiger partial charge < -0.3 is 5.32 Å². The highest BCUT2D eigenvalue weighted by Crippen LogP contribution is 2.37. The standard InChI is InChI=1S/C12H18BrN3S/c1-2-6-14-11-9(13)8-15-12(16-11)10-5-3-4-7-17-10/h8,10H,2-7H2,1H3,(H,14,15,16). The molecule has 0 aliphatic carbocycles. The maximum Gasteiger partial charge on any atom is 0.144 e. The fourth-order valence-corrected chi connectivity index (χ4v) is 3.43. The Bertz CT molecular complexity index is 367. The van der Waals surface area contributed by atoms with E-state index in [4.69, 9.17) is 0 Å². The second-order valence-corrected chi connectivity index (χ2v) is 6.37. The average Bonchev–Trinajstić information content (AvgIpc) is 2.39. The molecule has 1 aromatic rings. The first-order chi connectivity index (χ1) is 8.31. The molecule has 17 heavy (non-hydrogen) atoms. The van der Waals surface area contributed by atoms with E-state index in [1.165, 1.54) is 25.0 Å². The fourth-order valence-electron chi connectivity index (χ4n) is 1.85. The van der Waals surface area contributed by atoms with Crippen LogP contribution < -0.4 is 5.32 Å². The third-order valence-electron chi connectivity index (χ3n) is 2.77. The third-order valence-corrected chi connectivity index (χ3v) is 4.73. The number of nitrogens with zero attached hydrogens (tertiary/aromatic N) is 2. The van der Waals surface area contributed by atoms with Gasteiger partial charge in [0.15, 0.2) is 0 Å². The maximum atomic E-state index is 4.64. The molecule has 0 amide bonds. The molecular formula is C12H18BrN3S. The largest absolute Gasteiger partial charge is 0.369 e. The second-order valence-electron chi connectivity index (χ2n) is 4.21. The lowest BCUT2D eigenvalue weighted by molar-refractivity contribution is 0.662. The SMILES string of the molecule is CCCNc1nc(C2CCCCS2)ncc1Br. The molecule has 0 aromatic carbocycles. The summed E-state index contributed by atoms with van der Waals surface area (Å²) in [5.41, 5.74) is 0. The van der Waals surface area contributed by atoms with Crippen LogP contribution in [0, 0.1) is 0 Å².